The molecule has 0 fully saturated rings. The summed E-state index contributed by atoms with van der Waals surface area (Å²) >= 11 is 5.01. The van der Waals surface area contributed by atoms with Crippen molar-refractivity contribution in [2.24, 2.45) is 7.05 Å². The van der Waals surface area contributed by atoms with Crippen LogP contribution < -0.4 is 11.2 Å². The van der Waals surface area contributed by atoms with Gasteiger partial charge in [-0.25, -0.2) is 9.18 Å². The molecule has 2 aromatic rings. The summed E-state index contributed by atoms with van der Waals surface area (Å²) in [6.07, 6.45) is 1.46. The minimum Gasteiger partial charge on any atom is -0.302 e. The lowest BCUT2D eigenvalue weighted by Crippen LogP contribution is -2.40. The third-order valence-corrected chi connectivity index (χ3v) is 3.87. The SMILES string of the molecule is Cn1cc(I)c(=O)n(Cc2ccc(Br)cc2F)c1=O. The fraction of sp³-hybridized carbons (Fsp3) is 0.167. The molecule has 0 aliphatic rings. The minimum absolute atomic E-state index is 0.0819. The fourth-order valence-electron chi connectivity index (χ4n) is 1.65. The molecule has 1 heterocycles. The zero-order chi connectivity index (χ0) is 14.2. The minimum atomic E-state index is -0.465. The molecule has 0 atom stereocenters. The molecule has 0 radical (unpaired) electrons. The van der Waals surface area contributed by atoms with E-state index in [-0.39, 0.29) is 6.54 Å². The van der Waals surface area contributed by atoms with Crippen molar-refractivity contribution in [3.8, 4) is 0 Å². The van der Waals surface area contributed by atoms with E-state index < -0.39 is 17.1 Å². The Morgan fingerprint density at radius 1 is 1.37 bits per heavy atom. The molecule has 1 aromatic carbocycles. The highest BCUT2D eigenvalue weighted by atomic mass is 127. The van der Waals surface area contributed by atoms with Crippen molar-refractivity contribution in [2.45, 2.75) is 6.54 Å². The smallest absolute Gasteiger partial charge is 0.302 e. The van der Waals surface area contributed by atoms with Gasteiger partial charge in [-0.2, -0.15) is 0 Å². The van der Waals surface area contributed by atoms with E-state index in [9.17, 15) is 14.0 Å². The Balaban J connectivity index is 2.56. The Kier molecular flexibility index (Phi) is 4.24. The molecule has 0 aliphatic carbocycles. The number of aryl methyl sites for hydroxylation is 1. The van der Waals surface area contributed by atoms with E-state index in [1.54, 1.807) is 19.2 Å². The Labute approximate surface area is 130 Å². The molecular weight excluding hydrogens is 430 g/mol. The lowest BCUT2D eigenvalue weighted by Gasteiger charge is -2.09. The van der Waals surface area contributed by atoms with Gasteiger partial charge in [-0.3, -0.25) is 9.36 Å². The standard InChI is InChI=1S/C12H9BrFIN2O2/c1-16-6-10(15)11(18)17(12(16)19)5-7-2-3-8(13)4-9(7)14/h2-4,6H,5H2,1H3. The van der Waals surface area contributed by atoms with E-state index in [1.807, 2.05) is 22.6 Å². The molecule has 100 valence electrons. The van der Waals surface area contributed by atoms with Gasteiger partial charge in [0.25, 0.3) is 5.56 Å². The summed E-state index contributed by atoms with van der Waals surface area (Å²) in [6.45, 7) is -0.0819. The molecule has 0 bridgehead atoms. The van der Waals surface area contributed by atoms with E-state index in [1.165, 1.54) is 16.8 Å². The number of hydrogen-bond acceptors (Lipinski definition) is 2. The zero-order valence-electron chi connectivity index (χ0n) is 9.86. The van der Waals surface area contributed by atoms with Gasteiger partial charge in [-0.05, 0) is 34.7 Å². The average Bonchev–Trinajstić information content (AvgIpc) is 2.34. The van der Waals surface area contributed by atoms with Gasteiger partial charge in [-0.1, -0.05) is 22.0 Å². The predicted octanol–water partition coefficient (Wildman–Crippen LogP) is 2.10. The van der Waals surface area contributed by atoms with Crippen LogP contribution in [0.3, 0.4) is 0 Å². The summed E-state index contributed by atoms with van der Waals surface area (Å²) < 4.78 is 17.1. The van der Waals surface area contributed by atoms with Gasteiger partial charge in [0.15, 0.2) is 0 Å². The van der Waals surface area contributed by atoms with Crippen molar-refractivity contribution in [3.63, 3.8) is 0 Å². The second kappa shape index (κ2) is 5.58. The van der Waals surface area contributed by atoms with Crippen LogP contribution in [0.2, 0.25) is 0 Å². The number of nitrogens with zero attached hydrogens (tertiary/aromatic N) is 2. The molecule has 0 N–H and O–H groups in total. The van der Waals surface area contributed by atoms with E-state index in [0.717, 1.165) is 4.57 Å². The van der Waals surface area contributed by atoms with Crippen LogP contribution in [0.4, 0.5) is 4.39 Å². The van der Waals surface area contributed by atoms with Crippen LogP contribution in [0.5, 0.6) is 0 Å². The van der Waals surface area contributed by atoms with Crippen molar-refractivity contribution >= 4 is 38.5 Å². The highest BCUT2D eigenvalue weighted by Gasteiger charge is 2.11. The van der Waals surface area contributed by atoms with Crippen LogP contribution in [0.1, 0.15) is 5.56 Å². The number of aromatic nitrogens is 2. The molecule has 0 saturated carbocycles. The van der Waals surface area contributed by atoms with Gasteiger partial charge in [0, 0.05) is 23.3 Å². The molecular formula is C12H9BrFIN2O2. The normalized spacial score (nSPS) is 10.7. The van der Waals surface area contributed by atoms with E-state index >= 15 is 0 Å². The Hall–Kier alpha value is -0.960. The maximum atomic E-state index is 13.7. The van der Waals surface area contributed by atoms with Crippen molar-refractivity contribution < 1.29 is 4.39 Å². The van der Waals surface area contributed by atoms with Gasteiger partial charge >= 0.3 is 5.69 Å². The van der Waals surface area contributed by atoms with Crippen molar-refractivity contribution in [2.75, 3.05) is 0 Å². The summed E-state index contributed by atoms with van der Waals surface area (Å²) in [5.74, 6) is -0.456. The monoisotopic (exact) mass is 438 g/mol. The van der Waals surface area contributed by atoms with Gasteiger partial charge in [0.1, 0.15) is 5.82 Å². The summed E-state index contributed by atoms with van der Waals surface area (Å²) in [5.41, 5.74) is -0.580. The summed E-state index contributed by atoms with van der Waals surface area (Å²) in [5, 5.41) is 0. The third kappa shape index (κ3) is 2.97. The van der Waals surface area contributed by atoms with Crippen LogP contribution in [0, 0.1) is 9.39 Å². The van der Waals surface area contributed by atoms with Crippen LogP contribution >= 0.6 is 38.5 Å². The first-order valence-corrected chi connectivity index (χ1v) is 7.17. The molecule has 7 heteroatoms. The first-order valence-electron chi connectivity index (χ1n) is 5.30. The number of hydrogen-bond donors (Lipinski definition) is 0. The van der Waals surface area contributed by atoms with E-state index in [0.29, 0.717) is 13.6 Å². The molecule has 4 nitrogen and oxygen atoms in total. The largest absolute Gasteiger partial charge is 0.331 e. The Morgan fingerprint density at radius 2 is 2.05 bits per heavy atom. The van der Waals surface area contributed by atoms with Crippen molar-refractivity contribution in [1.29, 1.82) is 0 Å². The zero-order valence-corrected chi connectivity index (χ0v) is 13.6. The third-order valence-electron chi connectivity index (χ3n) is 2.63. The van der Waals surface area contributed by atoms with Crippen LogP contribution in [0.25, 0.3) is 0 Å². The number of halogens is 3. The van der Waals surface area contributed by atoms with Gasteiger partial charge in [-0.15, -0.1) is 0 Å². The molecule has 0 amide bonds. The van der Waals surface area contributed by atoms with Gasteiger partial charge < -0.3 is 4.57 Å². The van der Waals surface area contributed by atoms with Crippen LogP contribution in [-0.2, 0) is 13.6 Å². The molecule has 0 unspecified atom stereocenters. The Bertz CT molecular complexity index is 720. The lowest BCUT2D eigenvalue weighted by atomic mass is 10.2. The predicted molar refractivity (Wildman–Crippen MR) is 81.9 cm³/mol. The van der Waals surface area contributed by atoms with Crippen molar-refractivity contribution in [1.82, 2.24) is 9.13 Å². The summed E-state index contributed by atoms with van der Waals surface area (Å²) in [6, 6.07) is 4.52. The van der Waals surface area contributed by atoms with Crippen LogP contribution in [-0.4, -0.2) is 9.13 Å². The van der Waals surface area contributed by atoms with Gasteiger partial charge in [0.05, 0.1) is 10.1 Å². The second-order valence-corrected chi connectivity index (χ2v) is 6.08. The average molecular weight is 439 g/mol. The fourth-order valence-corrected chi connectivity index (χ4v) is 2.69. The number of benzene rings is 1. The number of rotatable bonds is 2. The lowest BCUT2D eigenvalue weighted by molar-refractivity contribution is 0.575. The van der Waals surface area contributed by atoms with E-state index in [4.69, 9.17) is 0 Å². The van der Waals surface area contributed by atoms with E-state index in [2.05, 4.69) is 15.9 Å². The van der Waals surface area contributed by atoms with Gasteiger partial charge in [0.2, 0.25) is 0 Å². The quantitative estimate of drug-likeness (QED) is 0.674. The van der Waals surface area contributed by atoms with Crippen molar-refractivity contribution in [3.05, 3.63) is 64.7 Å². The molecule has 1 aromatic heterocycles. The summed E-state index contributed by atoms with van der Waals surface area (Å²) in [4.78, 5) is 23.9. The first-order chi connectivity index (χ1) is 8.90. The first kappa shape index (κ1) is 14.4. The molecule has 0 aliphatic heterocycles. The van der Waals surface area contributed by atoms with Crippen LogP contribution in [0.15, 0.2) is 38.5 Å². The summed E-state index contributed by atoms with van der Waals surface area (Å²) in [7, 11) is 1.55. The molecule has 0 saturated heterocycles. The molecule has 19 heavy (non-hydrogen) atoms. The maximum Gasteiger partial charge on any atom is 0.331 e. The Morgan fingerprint density at radius 3 is 2.68 bits per heavy atom. The molecule has 2 rings (SSSR count). The topological polar surface area (TPSA) is 44.0 Å². The molecule has 0 spiro atoms. The maximum absolute atomic E-state index is 13.7. The second-order valence-electron chi connectivity index (χ2n) is 4.00. The highest BCUT2D eigenvalue weighted by molar-refractivity contribution is 14.1. The highest BCUT2D eigenvalue weighted by Crippen LogP contribution is 2.15.